The van der Waals surface area contributed by atoms with E-state index in [0.29, 0.717) is 5.69 Å². The van der Waals surface area contributed by atoms with E-state index in [9.17, 15) is 14.4 Å². The molecule has 1 fully saturated rings. The molecule has 0 saturated carbocycles. The summed E-state index contributed by atoms with van der Waals surface area (Å²) in [7, 11) is 0. The predicted molar refractivity (Wildman–Crippen MR) is 82.8 cm³/mol. The highest BCUT2D eigenvalue weighted by Gasteiger charge is 2.63. The zero-order valence-electron chi connectivity index (χ0n) is 13.1. The van der Waals surface area contributed by atoms with Crippen LogP contribution in [0.25, 0.3) is 0 Å². The summed E-state index contributed by atoms with van der Waals surface area (Å²) in [6, 6.07) is 7.05. The first-order valence-corrected chi connectivity index (χ1v) is 7.37. The lowest BCUT2D eigenvalue weighted by Crippen LogP contribution is -2.48. The van der Waals surface area contributed by atoms with Crippen molar-refractivity contribution in [3.05, 3.63) is 29.8 Å². The third kappa shape index (κ3) is 2.11. The predicted octanol–water partition coefficient (Wildman–Crippen LogP) is 0.765. The molecule has 2 heterocycles. The topological polar surface area (TPSA) is 88.1 Å². The zero-order valence-corrected chi connectivity index (χ0v) is 13.1. The van der Waals surface area contributed by atoms with Crippen LogP contribution in [-0.4, -0.2) is 35.6 Å². The molecule has 2 atom stereocenters. The molecule has 7 nitrogen and oxygen atoms in total. The van der Waals surface area contributed by atoms with E-state index in [-0.39, 0.29) is 12.3 Å². The number of amides is 2. The average molecular weight is 315 g/mol. The van der Waals surface area contributed by atoms with Gasteiger partial charge in [-0.1, -0.05) is 17.7 Å². The maximum absolute atomic E-state index is 12.8. The van der Waals surface area contributed by atoms with E-state index in [0.717, 1.165) is 10.5 Å². The van der Waals surface area contributed by atoms with Gasteiger partial charge in [0.2, 0.25) is 5.91 Å². The van der Waals surface area contributed by atoms with Crippen LogP contribution in [0.5, 0.6) is 0 Å². The summed E-state index contributed by atoms with van der Waals surface area (Å²) in [5.74, 6) is -2.56. The number of fused-ring (bicyclic) bond motifs is 1. The molecular weight excluding hydrogens is 298 g/mol. The summed E-state index contributed by atoms with van der Waals surface area (Å²) < 4.78 is 4.93. The van der Waals surface area contributed by atoms with Gasteiger partial charge in [-0.25, -0.2) is 9.69 Å². The molecule has 0 bridgehead atoms. The summed E-state index contributed by atoms with van der Waals surface area (Å²) in [6.45, 7) is 5.33. The first-order valence-electron chi connectivity index (χ1n) is 7.37. The van der Waals surface area contributed by atoms with Crippen molar-refractivity contribution in [2.24, 2.45) is 11.0 Å². The number of rotatable bonds is 3. The van der Waals surface area contributed by atoms with Crippen LogP contribution >= 0.6 is 0 Å². The number of carbonyl (C=O) groups is 3. The highest BCUT2D eigenvalue weighted by atomic mass is 16.5. The molecule has 2 aliphatic rings. The first kappa shape index (κ1) is 15.2. The van der Waals surface area contributed by atoms with Crippen LogP contribution in [0, 0.1) is 12.8 Å². The number of ether oxygens (including phenoxy) is 1. The van der Waals surface area contributed by atoms with Crippen molar-refractivity contribution in [1.82, 2.24) is 5.43 Å². The minimum atomic E-state index is -1.26. The Hall–Kier alpha value is -2.70. The monoisotopic (exact) mass is 315 g/mol. The number of imide groups is 1. The molecule has 0 spiro atoms. The van der Waals surface area contributed by atoms with Gasteiger partial charge >= 0.3 is 5.97 Å². The Bertz CT molecular complexity index is 725. The fourth-order valence-corrected chi connectivity index (χ4v) is 2.88. The lowest BCUT2D eigenvalue weighted by molar-refractivity contribution is -0.136. The summed E-state index contributed by atoms with van der Waals surface area (Å²) in [5, 5.41) is 3.88. The van der Waals surface area contributed by atoms with Crippen molar-refractivity contribution in [3.63, 3.8) is 0 Å². The summed E-state index contributed by atoms with van der Waals surface area (Å²) in [5.41, 5.74) is 2.84. The van der Waals surface area contributed by atoms with Crippen molar-refractivity contribution >= 4 is 29.2 Å². The van der Waals surface area contributed by atoms with Gasteiger partial charge in [-0.15, -0.1) is 0 Å². The van der Waals surface area contributed by atoms with E-state index >= 15 is 0 Å². The molecule has 2 amide bonds. The molecule has 7 heteroatoms. The molecule has 0 aromatic heterocycles. The molecule has 1 aromatic carbocycles. The molecule has 1 N–H and O–H groups in total. The van der Waals surface area contributed by atoms with Crippen molar-refractivity contribution in [3.8, 4) is 0 Å². The Labute approximate surface area is 133 Å². The van der Waals surface area contributed by atoms with Gasteiger partial charge in [0.05, 0.1) is 12.3 Å². The number of hydrazone groups is 1. The number of hydrogen-bond donors (Lipinski definition) is 1. The van der Waals surface area contributed by atoms with Crippen LogP contribution in [0.15, 0.2) is 29.4 Å². The Morgan fingerprint density at radius 2 is 2.00 bits per heavy atom. The van der Waals surface area contributed by atoms with E-state index in [1.165, 1.54) is 0 Å². The molecule has 2 aliphatic heterocycles. The number of benzene rings is 1. The number of nitrogens with one attached hydrogen (secondary N) is 1. The maximum atomic E-state index is 12.8. The van der Waals surface area contributed by atoms with Crippen LogP contribution in [0.4, 0.5) is 5.69 Å². The summed E-state index contributed by atoms with van der Waals surface area (Å²) in [4.78, 5) is 38.6. The maximum Gasteiger partial charge on any atom is 0.355 e. The lowest BCUT2D eigenvalue weighted by Gasteiger charge is -2.20. The third-order valence-corrected chi connectivity index (χ3v) is 4.15. The van der Waals surface area contributed by atoms with Crippen molar-refractivity contribution in [2.45, 2.75) is 26.3 Å². The van der Waals surface area contributed by atoms with Crippen molar-refractivity contribution in [2.75, 3.05) is 11.5 Å². The highest BCUT2D eigenvalue weighted by molar-refractivity contribution is 6.47. The van der Waals surface area contributed by atoms with E-state index in [4.69, 9.17) is 4.74 Å². The molecule has 120 valence electrons. The quantitative estimate of drug-likeness (QED) is 0.657. The largest absolute Gasteiger partial charge is 0.461 e. The van der Waals surface area contributed by atoms with Crippen LogP contribution in [0.3, 0.4) is 0 Å². The van der Waals surface area contributed by atoms with Gasteiger partial charge in [0.25, 0.3) is 5.91 Å². The molecule has 1 aromatic rings. The van der Waals surface area contributed by atoms with Crippen LogP contribution in [-0.2, 0) is 19.1 Å². The number of nitrogens with zero attached hydrogens (tertiary/aromatic N) is 2. The zero-order chi connectivity index (χ0) is 16.8. The van der Waals surface area contributed by atoms with Gasteiger partial charge in [-0.3, -0.25) is 15.0 Å². The number of carbonyl (C=O) groups excluding carboxylic acids is 3. The second-order valence-corrected chi connectivity index (χ2v) is 5.78. The summed E-state index contributed by atoms with van der Waals surface area (Å²) >= 11 is 0. The second-order valence-electron chi connectivity index (χ2n) is 5.78. The van der Waals surface area contributed by atoms with Gasteiger partial charge < -0.3 is 4.74 Å². The van der Waals surface area contributed by atoms with Gasteiger partial charge in [0.15, 0.2) is 5.71 Å². The highest BCUT2D eigenvalue weighted by Crippen LogP contribution is 2.38. The minimum Gasteiger partial charge on any atom is -0.461 e. The minimum absolute atomic E-state index is 0.0534. The average Bonchev–Trinajstić information content (AvgIpc) is 2.96. The van der Waals surface area contributed by atoms with E-state index < -0.39 is 29.2 Å². The number of esters is 1. The lowest BCUT2D eigenvalue weighted by atomic mass is 9.86. The molecular formula is C16H17N3O4. The first-order chi connectivity index (χ1) is 10.9. The van der Waals surface area contributed by atoms with Gasteiger partial charge in [0, 0.05) is 0 Å². The number of aryl methyl sites for hydroxylation is 1. The van der Waals surface area contributed by atoms with Crippen molar-refractivity contribution < 1.29 is 19.1 Å². The van der Waals surface area contributed by atoms with Crippen LogP contribution in [0.2, 0.25) is 0 Å². The van der Waals surface area contributed by atoms with E-state index in [2.05, 4.69) is 10.5 Å². The Morgan fingerprint density at radius 3 is 2.61 bits per heavy atom. The van der Waals surface area contributed by atoms with Crippen LogP contribution < -0.4 is 10.3 Å². The number of anilines is 1. The van der Waals surface area contributed by atoms with E-state index in [1.54, 1.807) is 26.0 Å². The van der Waals surface area contributed by atoms with Gasteiger partial charge in [-0.05, 0) is 32.9 Å². The van der Waals surface area contributed by atoms with Gasteiger partial charge in [0.1, 0.15) is 11.5 Å². The molecule has 23 heavy (non-hydrogen) atoms. The molecule has 1 unspecified atom stereocenters. The van der Waals surface area contributed by atoms with Crippen LogP contribution in [0.1, 0.15) is 19.4 Å². The molecule has 0 radical (unpaired) electrons. The molecule has 1 saturated heterocycles. The Balaban J connectivity index is 1.98. The molecule has 0 aliphatic carbocycles. The van der Waals surface area contributed by atoms with E-state index in [1.807, 2.05) is 19.1 Å². The standard InChI is InChI=1S/C16H17N3O4/c1-4-23-14(21)12-11-13(20)19(10-7-5-9(2)6-8-10)15(22)16(11,3)18-17-12/h5-8,11,18H,4H2,1-3H3/t11?,16-/m0/s1. The second kappa shape index (κ2) is 5.19. The fraction of sp³-hybridized carbons (Fsp3) is 0.375. The summed E-state index contributed by atoms with van der Waals surface area (Å²) in [6.07, 6.45) is 0. The fourth-order valence-electron chi connectivity index (χ4n) is 2.88. The Morgan fingerprint density at radius 1 is 1.35 bits per heavy atom. The van der Waals surface area contributed by atoms with Gasteiger partial charge in [-0.2, -0.15) is 5.10 Å². The molecule has 3 rings (SSSR count). The SMILES string of the molecule is CCOC(=O)C1=NN[C@]2(C)C(=O)N(c3ccc(C)cc3)C(=O)C12. The number of hydrogen-bond acceptors (Lipinski definition) is 6. The smallest absolute Gasteiger partial charge is 0.355 e. The Kier molecular flexibility index (Phi) is 3.43. The normalized spacial score (nSPS) is 26.0. The third-order valence-electron chi connectivity index (χ3n) is 4.15. The van der Waals surface area contributed by atoms with Crippen molar-refractivity contribution in [1.29, 1.82) is 0 Å².